The van der Waals surface area contributed by atoms with Crippen molar-refractivity contribution in [2.24, 2.45) is 11.3 Å². The van der Waals surface area contributed by atoms with Crippen molar-refractivity contribution in [2.45, 2.75) is 66.0 Å². The molecule has 0 radical (unpaired) electrons. The third-order valence-corrected chi connectivity index (χ3v) is 8.21. The quantitative estimate of drug-likeness (QED) is 0.565. The molecular formula is C25H28N4O4S. The van der Waals surface area contributed by atoms with E-state index < -0.39 is 12.1 Å². The summed E-state index contributed by atoms with van der Waals surface area (Å²) in [6, 6.07) is 4.03. The fourth-order valence-corrected chi connectivity index (χ4v) is 6.05. The lowest BCUT2D eigenvalue weighted by atomic mass is 9.72. The molecule has 0 fully saturated rings. The van der Waals surface area contributed by atoms with Gasteiger partial charge < -0.3 is 10.1 Å². The third-order valence-electron chi connectivity index (χ3n) is 7.07. The van der Waals surface area contributed by atoms with Crippen LogP contribution in [0.25, 0.3) is 10.2 Å². The number of fused-ring (bicyclic) bond motifs is 4. The van der Waals surface area contributed by atoms with E-state index in [1.807, 2.05) is 0 Å². The van der Waals surface area contributed by atoms with Crippen LogP contribution in [-0.4, -0.2) is 32.8 Å². The van der Waals surface area contributed by atoms with Crippen molar-refractivity contribution >= 4 is 38.9 Å². The van der Waals surface area contributed by atoms with Gasteiger partial charge in [0, 0.05) is 10.4 Å². The standard InChI is InChI=1S/C25H28N4O4S/c1-12(21(30)14-6-9-18-17(10-14)26-22(31)13(2)33-18)29-24(32)20-16-8-7-15(25(3,4)5)11-19(16)34-23(20)27-28-29/h6,9-10,12-13,15H,7-8,11H2,1-5H3,(H,26,31). The van der Waals surface area contributed by atoms with Crippen LogP contribution in [0, 0.1) is 11.3 Å². The van der Waals surface area contributed by atoms with Crippen LogP contribution in [0.2, 0.25) is 0 Å². The largest absolute Gasteiger partial charge is 0.479 e. The predicted octanol–water partition coefficient (Wildman–Crippen LogP) is 4.17. The summed E-state index contributed by atoms with van der Waals surface area (Å²) in [5, 5.41) is 11.8. The van der Waals surface area contributed by atoms with Gasteiger partial charge in [0.05, 0.1) is 11.1 Å². The number of nitrogens with zero attached hydrogens (tertiary/aromatic N) is 3. The molecule has 8 nitrogen and oxygen atoms in total. The van der Waals surface area contributed by atoms with Gasteiger partial charge in [0.25, 0.3) is 11.5 Å². The number of carbonyl (C=O) groups excluding carboxylic acids is 2. The van der Waals surface area contributed by atoms with Crippen LogP contribution in [-0.2, 0) is 17.6 Å². The third kappa shape index (κ3) is 3.72. The van der Waals surface area contributed by atoms with Gasteiger partial charge in [0.1, 0.15) is 11.8 Å². The minimum atomic E-state index is -0.844. The Labute approximate surface area is 201 Å². The molecule has 9 heteroatoms. The van der Waals surface area contributed by atoms with Crippen LogP contribution in [0.3, 0.4) is 0 Å². The molecule has 1 aliphatic carbocycles. The second kappa shape index (κ2) is 8.01. The Balaban J connectivity index is 1.47. The van der Waals surface area contributed by atoms with Crippen molar-refractivity contribution in [3.63, 3.8) is 0 Å². The van der Waals surface area contributed by atoms with Crippen LogP contribution in [0.15, 0.2) is 23.0 Å². The summed E-state index contributed by atoms with van der Waals surface area (Å²) in [6.45, 7) is 10.1. The average molecular weight is 481 g/mol. The molecule has 0 bridgehead atoms. The highest BCUT2D eigenvalue weighted by atomic mass is 32.1. The zero-order chi connectivity index (χ0) is 24.4. The number of aromatic nitrogens is 3. The molecule has 34 heavy (non-hydrogen) atoms. The SMILES string of the molecule is CC1Oc2ccc(C(=O)C(C)n3nnc4sc5c(c4c3=O)CCC(C(C)(C)C)C5)cc2NC1=O. The highest BCUT2D eigenvalue weighted by molar-refractivity contribution is 7.18. The minimum absolute atomic E-state index is 0.206. The Bertz CT molecular complexity index is 1380. The summed E-state index contributed by atoms with van der Waals surface area (Å²) in [6.07, 6.45) is 2.21. The molecule has 2 aliphatic rings. The molecule has 1 N–H and O–H groups in total. The molecule has 178 valence electrons. The van der Waals surface area contributed by atoms with Crippen molar-refractivity contribution in [1.82, 2.24) is 15.0 Å². The minimum Gasteiger partial charge on any atom is -0.479 e. The van der Waals surface area contributed by atoms with Crippen LogP contribution in [0.5, 0.6) is 5.75 Å². The van der Waals surface area contributed by atoms with Crippen LogP contribution < -0.4 is 15.6 Å². The Hall–Kier alpha value is -3.07. The highest BCUT2D eigenvalue weighted by Gasteiger charge is 2.33. The smallest absolute Gasteiger partial charge is 0.279 e. The Kier molecular flexibility index (Phi) is 5.35. The molecule has 5 rings (SSSR count). The maximum atomic E-state index is 13.5. The average Bonchev–Trinajstić information content (AvgIpc) is 3.17. The molecule has 0 saturated heterocycles. The maximum Gasteiger partial charge on any atom is 0.279 e. The van der Waals surface area contributed by atoms with Crippen LogP contribution >= 0.6 is 11.3 Å². The van der Waals surface area contributed by atoms with Gasteiger partial charge in [-0.2, -0.15) is 4.68 Å². The number of rotatable bonds is 3. The lowest BCUT2D eigenvalue weighted by Crippen LogP contribution is -2.34. The van der Waals surface area contributed by atoms with Crippen LogP contribution in [0.1, 0.15) is 67.9 Å². The molecule has 1 aromatic carbocycles. The van der Waals surface area contributed by atoms with Gasteiger partial charge >= 0.3 is 0 Å². The highest BCUT2D eigenvalue weighted by Crippen LogP contribution is 2.42. The molecule has 0 spiro atoms. The van der Waals surface area contributed by atoms with Gasteiger partial charge in [-0.05, 0) is 68.2 Å². The van der Waals surface area contributed by atoms with Gasteiger partial charge in [0.2, 0.25) is 0 Å². The first-order chi connectivity index (χ1) is 16.0. The van der Waals surface area contributed by atoms with E-state index >= 15 is 0 Å². The number of anilines is 1. The fourth-order valence-electron chi connectivity index (χ4n) is 4.81. The molecule has 1 aliphatic heterocycles. The Morgan fingerprint density at radius 3 is 2.79 bits per heavy atom. The fraction of sp³-hybridized carbons (Fsp3) is 0.480. The maximum absolute atomic E-state index is 13.5. The number of thiophene rings is 1. The summed E-state index contributed by atoms with van der Waals surface area (Å²) in [7, 11) is 0. The number of benzene rings is 1. The summed E-state index contributed by atoms with van der Waals surface area (Å²) >= 11 is 1.55. The van der Waals surface area contributed by atoms with E-state index in [1.54, 1.807) is 43.4 Å². The molecule has 1 amide bonds. The number of carbonyl (C=O) groups is 2. The van der Waals surface area contributed by atoms with Crippen molar-refractivity contribution < 1.29 is 14.3 Å². The van der Waals surface area contributed by atoms with Crippen molar-refractivity contribution in [3.8, 4) is 5.75 Å². The van der Waals surface area contributed by atoms with E-state index in [-0.39, 0.29) is 22.7 Å². The van der Waals surface area contributed by atoms with E-state index in [0.717, 1.165) is 24.8 Å². The zero-order valence-corrected chi connectivity index (χ0v) is 20.8. The number of hydrogen-bond donors (Lipinski definition) is 1. The molecule has 3 unspecified atom stereocenters. The molecular weight excluding hydrogens is 452 g/mol. The number of nitrogens with one attached hydrogen (secondary N) is 1. The summed E-state index contributed by atoms with van der Waals surface area (Å²) in [4.78, 5) is 40.5. The first-order valence-corrected chi connectivity index (χ1v) is 12.4. The summed E-state index contributed by atoms with van der Waals surface area (Å²) in [5.41, 5.74) is 1.80. The van der Waals surface area contributed by atoms with E-state index in [0.29, 0.717) is 33.1 Å². The Morgan fingerprint density at radius 2 is 2.06 bits per heavy atom. The van der Waals surface area contributed by atoms with Crippen molar-refractivity contribution in [3.05, 3.63) is 44.6 Å². The van der Waals surface area contributed by atoms with Gasteiger partial charge in [0.15, 0.2) is 16.7 Å². The van der Waals surface area contributed by atoms with Gasteiger partial charge in [-0.25, -0.2) is 0 Å². The van der Waals surface area contributed by atoms with E-state index in [1.165, 1.54) is 9.56 Å². The summed E-state index contributed by atoms with van der Waals surface area (Å²) in [5.74, 6) is 0.505. The van der Waals surface area contributed by atoms with Gasteiger partial charge in [-0.15, -0.1) is 16.4 Å². The second-order valence-corrected chi connectivity index (χ2v) is 11.4. The first kappa shape index (κ1) is 22.7. The number of hydrogen-bond acceptors (Lipinski definition) is 7. The number of amides is 1. The van der Waals surface area contributed by atoms with Crippen LogP contribution in [0.4, 0.5) is 5.69 Å². The van der Waals surface area contributed by atoms with E-state index in [9.17, 15) is 14.4 Å². The lowest BCUT2D eigenvalue weighted by molar-refractivity contribution is -0.122. The molecule has 3 aromatic rings. The lowest BCUT2D eigenvalue weighted by Gasteiger charge is -2.33. The number of ketones is 1. The van der Waals surface area contributed by atoms with Gasteiger partial charge in [-0.3, -0.25) is 14.4 Å². The van der Waals surface area contributed by atoms with E-state index in [2.05, 4.69) is 36.4 Å². The first-order valence-electron chi connectivity index (χ1n) is 11.6. The zero-order valence-electron chi connectivity index (χ0n) is 20.0. The Morgan fingerprint density at radius 1 is 1.29 bits per heavy atom. The molecule has 0 saturated carbocycles. The normalized spacial score (nSPS) is 20.8. The topological polar surface area (TPSA) is 103 Å². The molecule has 3 heterocycles. The van der Waals surface area contributed by atoms with Crippen molar-refractivity contribution in [1.29, 1.82) is 0 Å². The number of aryl methyl sites for hydroxylation is 1. The number of ether oxygens (including phenoxy) is 1. The molecule has 3 atom stereocenters. The van der Waals surface area contributed by atoms with Crippen molar-refractivity contribution in [2.75, 3.05) is 5.32 Å². The summed E-state index contributed by atoms with van der Waals surface area (Å²) < 4.78 is 6.75. The second-order valence-electron chi connectivity index (χ2n) is 10.3. The monoisotopic (exact) mass is 480 g/mol. The van der Waals surface area contributed by atoms with Gasteiger partial charge in [-0.1, -0.05) is 26.0 Å². The predicted molar refractivity (Wildman–Crippen MR) is 131 cm³/mol. The van der Waals surface area contributed by atoms with E-state index in [4.69, 9.17) is 4.74 Å². The molecule has 2 aromatic heterocycles. The number of Topliss-reactive ketones (excluding diaryl/α,β-unsaturated/α-hetero) is 1.